The van der Waals surface area contributed by atoms with E-state index in [1.165, 1.54) is 5.57 Å². The largest absolute Gasteiger partial charge is 0.313 e. The zero-order chi connectivity index (χ0) is 19.8. The van der Waals surface area contributed by atoms with Crippen LogP contribution in [0.2, 0.25) is 0 Å². The van der Waals surface area contributed by atoms with Crippen molar-refractivity contribution in [2.24, 2.45) is 7.05 Å². The molecule has 0 amide bonds. The fourth-order valence-corrected chi connectivity index (χ4v) is 3.75. The van der Waals surface area contributed by atoms with Crippen molar-refractivity contribution in [3.05, 3.63) is 66.5 Å². The van der Waals surface area contributed by atoms with Gasteiger partial charge in [0.25, 0.3) is 0 Å². The number of aromatic nitrogens is 5. The second-order valence-corrected chi connectivity index (χ2v) is 7.12. The number of nitrogens with zero attached hydrogens (tertiary/aromatic N) is 6. The first-order valence-corrected chi connectivity index (χ1v) is 9.50. The van der Waals surface area contributed by atoms with E-state index in [1.54, 1.807) is 15.4 Å². The molecule has 4 aromatic rings. The summed E-state index contributed by atoms with van der Waals surface area (Å²) in [7, 11) is 1.89. The number of aryl methyl sites for hydroxylation is 1. The van der Waals surface area contributed by atoms with E-state index in [-0.39, 0.29) is 0 Å². The minimum absolute atomic E-state index is 0.544. The minimum atomic E-state index is 0.544. The summed E-state index contributed by atoms with van der Waals surface area (Å²) in [6.07, 6.45) is 12.4. The van der Waals surface area contributed by atoms with Gasteiger partial charge in [-0.3, -0.25) is 9.67 Å². The molecular formula is C22H19N7. The van der Waals surface area contributed by atoms with Crippen molar-refractivity contribution in [3.8, 4) is 28.3 Å². The van der Waals surface area contributed by atoms with Gasteiger partial charge in [0.15, 0.2) is 0 Å². The van der Waals surface area contributed by atoms with Crippen molar-refractivity contribution in [2.45, 2.75) is 6.42 Å². The molecule has 0 spiro atoms. The molecule has 0 unspecified atom stereocenters. The van der Waals surface area contributed by atoms with E-state index in [2.05, 4.69) is 45.9 Å². The molecule has 0 atom stereocenters. The Kier molecular flexibility index (Phi) is 4.19. The van der Waals surface area contributed by atoms with Gasteiger partial charge in [-0.15, -0.1) is 0 Å². The van der Waals surface area contributed by atoms with Crippen LogP contribution >= 0.6 is 0 Å². The molecule has 0 saturated heterocycles. The molecule has 1 N–H and O–H groups in total. The van der Waals surface area contributed by atoms with Crippen LogP contribution < -0.4 is 5.32 Å². The first-order valence-electron chi connectivity index (χ1n) is 9.50. The topological polar surface area (TPSA) is 83.8 Å². The van der Waals surface area contributed by atoms with Gasteiger partial charge in [-0.05, 0) is 30.7 Å². The predicted molar refractivity (Wildman–Crippen MR) is 111 cm³/mol. The molecular weight excluding hydrogens is 362 g/mol. The van der Waals surface area contributed by atoms with Crippen molar-refractivity contribution < 1.29 is 0 Å². The molecule has 0 aromatic carbocycles. The number of hydrogen-bond acceptors (Lipinski definition) is 5. The lowest BCUT2D eigenvalue weighted by Crippen LogP contribution is -2.20. The molecule has 5 rings (SSSR count). The number of nitriles is 1. The third kappa shape index (κ3) is 3.10. The summed E-state index contributed by atoms with van der Waals surface area (Å²) in [6, 6.07) is 8.46. The van der Waals surface area contributed by atoms with Crippen molar-refractivity contribution in [1.29, 1.82) is 5.26 Å². The van der Waals surface area contributed by atoms with E-state index in [0.29, 0.717) is 5.56 Å². The number of pyridine rings is 2. The Hall–Kier alpha value is -3.76. The maximum Gasteiger partial charge on any atom is 0.103 e. The standard InChI is InChI=1S/C22H19N7/c1-28-13-19(12-26-28)17-8-20(22-18(9-23)11-27-29(22)14-17)16-2-3-21(25-10-16)15-4-6-24-7-5-15/h2-4,8,10-14,24H,5-7H2,1H3. The molecule has 7 heteroatoms. The Morgan fingerprint density at radius 3 is 2.69 bits per heavy atom. The summed E-state index contributed by atoms with van der Waals surface area (Å²) in [4.78, 5) is 4.71. The van der Waals surface area contributed by atoms with E-state index < -0.39 is 0 Å². The van der Waals surface area contributed by atoms with E-state index in [9.17, 15) is 5.26 Å². The fraction of sp³-hybridized carbons (Fsp3) is 0.182. The molecule has 0 aliphatic carbocycles. The van der Waals surface area contributed by atoms with Crippen LogP contribution in [0.4, 0.5) is 0 Å². The van der Waals surface area contributed by atoms with Crippen molar-refractivity contribution >= 4 is 11.1 Å². The molecule has 29 heavy (non-hydrogen) atoms. The Balaban J connectivity index is 1.65. The van der Waals surface area contributed by atoms with Crippen LogP contribution in [0.1, 0.15) is 17.7 Å². The second kappa shape index (κ2) is 7.00. The summed E-state index contributed by atoms with van der Waals surface area (Å²) in [5.41, 5.74) is 7.47. The van der Waals surface area contributed by atoms with Gasteiger partial charge in [0.1, 0.15) is 6.07 Å². The molecule has 5 heterocycles. The van der Waals surface area contributed by atoms with Crippen molar-refractivity contribution in [2.75, 3.05) is 13.1 Å². The Morgan fingerprint density at radius 1 is 1.07 bits per heavy atom. The van der Waals surface area contributed by atoms with Gasteiger partial charge in [0.05, 0.1) is 29.2 Å². The normalized spacial score (nSPS) is 14.0. The number of hydrogen-bond donors (Lipinski definition) is 1. The highest BCUT2D eigenvalue weighted by atomic mass is 15.2. The van der Waals surface area contributed by atoms with Crippen molar-refractivity contribution in [3.63, 3.8) is 0 Å². The smallest absolute Gasteiger partial charge is 0.103 e. The maximum atomic E-state index is 9.55. The molecule has 0 saturated carbocycles. The summed E-state index contributed by atoms with van der Waals surface area (Å²) in [5, 5.41) is 21.5. The van der Waals surface area contributed by atoms with Crippen molar-refractivity contribution in [1.82, 2.24) is 29.7 Å². The lowest BCUT2D eigenvalue weighted by Gasteiger charge is -2.14. The summed E-state index contributed by atoms with van der Waals surface area (Å²) < 4.78 is 3.53. The van der Waals surface area contributed by atoms with Gasteiger partial charge in [0, 0.05) is 54.4 Å². The predicted octanol–water partition coefficient (Wildman–Crippen LogP) is 3.05. The highest BCUT2D eigenvalue weighted by Gasteiger charge is 2.15. The second-order valence-electron chi connectivity index (χ2n) is 7.12. The summed E-state index contributed by atoms with van der Waals surface area (Å²) in [6.45, 7) is 1.86. The van der Waals surface area contributed by atoms with Gasteiger partial charge in [-0.25, -0.2) is 4.52 Å². The van der Waals surface area contributed by atoms with Gasteiger partial charge in [-0.1, -0.05) is 12.1 Å². The third-order valence-electron chi connectivity index (χ3n) is 5.24. The highest BCUT2D eigenvalue weighted by molar-refractivity contribution is 5.87. The molecule has 1 aliphatic rings. The number of fused-ring (bicyclic) bond motifs is 1. The average Bonchev–Trinajstić information content (AvgIpc) is 3.40. The SMILES string of the molecule is Cn1cc(-c2cc(-c3ccc(C4=CCNCC4)nc3)c3c(C#N)cnn3c2)cn1. The molecule has 7 nitrogen and oxygen atoms in total. The molecule has 1 aliphatic heterocycles. The molecule has 0 bridgehead atoms. The van der Waals surface area contributed by atoms with E-state index in [0.717, 1.165) is 53.0 Å². The third-order valence-corrected chi connectivity index (χ3v) is 5.24. The zero-order valence-corrected chi connectivity index (χ0v) is 16.0. The Morgan fingerprint density at radius 2 is 2.00 bits per heavy atom. The fourth-order valence-electron chi connectivity index (χ4n) is 3.75. The lowest BCUT2D eigenvalue weighted by molar-refractivity contribution is 0.737. The van der Waals surface area contributed by atoms with Crippen LogP contribution in [0.25, 0.3) is 33.3 Å². The highest BCUT2D eigenvalue weighted by Crippen LogP contribution is 2.32. The zero-order valence-electron chi connectivity index (χ0n) is 16.0. The van der Waals surface area contributed by atoms with Crippen LogP contribution in [0.3, 0.4) is 0 Å². The lowest BCUT2D eigenvalue weighted by atomic mass is 10.00. The Labute approximate surface area is 167 Å². The monoisotopic (exact) mass is 381 g/mol. The van der Waals surface area contributed by atoms with Gasteiger partial charge in [0.2, 0.25) is 0 Å². The number of nitrogens with one attached hydrogen (secondary N) is 1. The number of rotatable bonds is 3. The van der Waals surface area contributed by atoms with E-state index >= 15 is 0 Å². The first kappa shape index (κ1) is 17.3. The van der Waals surface area contributed by atoms with Gasteiger partial charge >= 0.3 is 0 Å². The molecule has 0 fully saturated rings. The van der Waals surface area contributed by atoms with Crippen LogP contribution in [0.15, 0.2) is 55.3 Å². The molecule has 4 aromatic heterocycles. The minimum Gasteiger partial charge on any atom is -0.313 e. The first-order chi connectivity index (χ1) is 14.2. The van der Waals surface area contributed by atoms with E-state index in [4.69, 9.17) is 4.98 Å². The van der Waals surface area contributed by atoms with Crippen LogP contribution in [-0.2, 0) is 7.05 Å². The van der Waals surface area contributed by atoms with Crippen LogP contribution in [0, 0.1) is 11.3 Å². The Bertz CT molecular complexity index is 1270. The maximum absolute atomic E-state index is 9.55. The quantitative estimate of drug-likeness (QED) is 0.590. The molecule has 0 radical (unpaired) electrons. The van der Waals surface area contributed by atoms with Crippen LogP contribution in [-0.4, -0.2) is 37.5 Å². The summed E-state index contributed by atoms with van der Waals surface area (Å²) >= 11 is 0. The van der Waals surface area contributed by atoms with Gasteiger partial charge < -0.3 is 5.32 Å². The van der Waals surface area contributed by atoms with E-state index in [1.807, 2.05) is 31.8 Å². The van der Waals surface area contributed by atoms with Crippen LogP contribution in [0.5, 0.6) is 0 Å². The summed E-state index contributed by atoms with van der Waals surface area (Å²) in [5.74, 6) is 0. The van der Waals surface area contributed by atoms with Gasteiger partial charge in [-0.2, -0.15) is 15.5 Å². The molecule has 142 valence electrons. The average molecular weight is 381 g/mol.